The summed E-state index contributed by atoms with van der Waals surface area (Å²) >= 11 is 0. The van der Waals surface area contributed by atoms with Gasteiger partial charge in [-0.3, -0.25) is 0 Å². The van der Waals surface area contributed by atoms with Gasteiger partial charge in [0.2, 0.25) is 0 Å². The summed E-state index contributed by atoms with van der Waals surface area (Å²) in [6, 6.07) is 0. The quantitative estimate of drug-likeness (QED) is 0.659. The summed E-state index contributed by atoms with van der Waals surface area (Å²) in [5, 5.41) is 12.9. The molecule has 0 aromatic heterocycles. The lowest BCUT2D eigenvalue weighted by Crippen LogP contribution is -2.44. The number of hydrogen-bond acceptors (Lipinski definition) is 3. The Bertz CT molecular complexity index is 146. The van der Waals surface area contributed by atoms with E-state index >= 15 is 0 Å². The molecule has 0 fully saturated rings. The van der Waals surface area contributed by atoms with Crippen LogP contribution in [0.5, 0.6) is 0 Å². The Balaban J connectivity index is 3.58. The lowest BCUT2D eigenvalue weighted by atomic mass is 10.0. The summed E-state index contributed by atoms with van der Waals surface area (Å²) in [6.07, 6.45) is 0.817. The van der Waals surface area contributed by atoms with Crippen molar-refractivity contribution in [3.63, 3.8) is 0 Å². The van der Waals surface area contributed by atoms with Crippen LogP contribution < -0.4 is 5.32 Å². The maximum atomic E-state index is 9.57. The first-order valence-electron chi connectivity index (χ1n) is 5.42. The van der Waals surface area contributed by atoms with Crippen molar-refractivity contribution in [2.45, 2.75) is 58.8 Å². The molecule has 0 aliphatic rings. The van der Waals surface area contributed by atoms with Gasteiger partial charge in [0, 0.05) is 12.1 Å². The predicted molar refractivity (Wildman–Crippen MR) is 59.5 cm³/mol. The topological polar surface area (TPSA) is 41.5 Å². The van der Waals surface area contributed by atoms with E-state index in [0.717, 1.165) is 6.42 Å². The summed E-state index contributed by atoms with van der Waals surface area (Å²) in [5.41, 5.74) is 0.0960. The van der Waals surface area contributed by atoms with Gasteiger partial charge in [-0.05, 0) is 34.1 Å². The first-order valence-corrected chi connectivity index (χ1v) is 5.42. The van der Waals surface area contributed by atoms with Crippen LogP contribution in [0.4, 0.5) is 0 Å². The van der Waals surface area contributed by atoms with Crippen molar-refractivity contribution in [3.05, 3.63) is 0 Å². The fraction of sp³-hybridized carbons (Fsp3) is 1.00. The molecule has 0 aliphatic heterocycles. The minimum Gasteiger partial charge on any atom is -0.389 e. The van der Waals surface area contributed by atoms with E-state index in [-0.39, 0.29) is 11.6 Å². The molecule has 0 radical (unpaired) electrons. The second kappa shape index (κ2) is 6.38. The van der Waals surface area contributed by atoms with Crippen LogP contribution in [0.1, 0.15) is 41.0 Å². The number of aliphatic hydroxyl groups is 1. The average molecular weight is 203 g/mol. The molecule has 14 heavy (non-hydrogen) atoms. The van der Waals surface area contributed by atoms with E-state index in [0.29, 0.717) is 13.2 Å². The molecule has 0 bridgehead atoms. The van der Waals surface area contributed by atoms with E-state index in [1.165, 1.54) is 0 Å². The summed E-state index contributed by atoms with van der Waals surface area (Å²) in [7, 11) is 0. The van der Waals surface area contributed by atoms with Crippen molar-refractivity contribution in [1.82, 2.24) is 5.32 Å². The van der Waals surface area contributed by atoms with E-state index in [2.05, 4.69) is 26.1 Å². The van der Waals surface area contributed by atoms with Crippen LogP contribution >= 0.6 is 0 Å². The van der Waals surface area contributed by atoms with Crippen LogP contribution in [-0.4, -0.2) is 36.0 Å². The van der Waals surface area contributed by atoms with Crippen molar-refractivity contribution in [3.8, 4) is 0 Å². The van der Waals surface area contributed by atoms with Crippen molar-refractivity contribution in [2.75, 3.05) is 13.2 Å². The highest BCUT2D eigenvalue weighted by molar-refractivity contribution is 4.76. The zero-order chi connectivity index (χ0) is 11.2. The molecule has 0 aromatic rings. The van der Waals surface area contributed by atoms with Crippen LogP contribution in [0.3, 0.4) is 0 Å². The van der Waals surface area contributed by atoms with Crippen molar-refractivity contribution < 1.29 is 9.84 Å². The van der Waals surface area contributed by atoms with Gasteiger partial charge >= 0.3 is 0 Å². The zero-order valence-corrected chi connectivity index (χ0v) is 10.1. The monoisotopic (exact) mass is 203 g/mol. The molecule has 0 saturated carbocycles. The first kappa shape index (κ1) is 13.9. The molecule has 0 aromatic carbocycles. The number of ether oxygens (including phenoxy) is 1. The molecular formula is C11H25NO2. The molecule has 0 rings (SSSR count). The maximum Gasteiger partial charge on any atom is 0.0898 e. The Morgan fingerprint density at radius 3 is 2.36 bits per heavy atom. The SMILES string of the molecule is CCC(C)(C)NCC(O)COC(C)C. The second-order valence-electron chi connectivity index (χ2n) is 4.65. The molecule has 0 amide bonds. The fourth-order valence-electron chi connectivity index (χ4n) is 0.882. The van der Waals surface area contributed by atoms with Gasteiger partial charge in [-0.25, -0.2) is 0 Å². The Labute approximate surface area is 87.8 Å². The lowest BCUT2D eigenvalue weighted by molar-refractivity contribution is 0.00397. The van der Waals surface area contributed by atoms with Crippen molar-refractivity contribution >= 4 is 0 Å². The van der Waals surface area contributed by atoms with Crippen LogP contribution in [0.25, 0.3) is 0 Å². The Hall–Kier alpha value is -0.120. The van der Waals surface area contributed by atoms with Gasteiger partial charge in [0.15, 0.2) is 0 Å². The third kappa shape index (κ3) is 7.30. The van der Waals surface area contributed by atoms with Crippen molar-refractivity contribution in [1.29, 1.82) is 0 Å². The summed E-state index contributed by atoms with van der Waals surface area (Å²) in [6.45, 7) is 11.3. The number of aliphatic hydroxyl groups excluding tert-OH is 1. The predicted octanol–water partition coefficient (Wildman–Crippen LogP) is 1.55. The number of nitrogens with one attached hydrogen (secondary N) is 1. The van der Waals surface area contributed by atoms with E-state index in [1.807, 2.05) is 13.8 Å². The molecule has 86 valence electrons. The van der Waals surface area contributed by atoms with Crippen molar-refractivity contribution in [2.24, 2.45) is 0 Å². The van der Waals surface area contributed by atoms with E-state index < -0.39 is 6.10 Å². The molecule has 0 spiro atoms. The molecule has 0 saturated heterocycles. The minimum atomic E-state index is -0.414. The highest BCUT2D eigenvalue weighted by Crippen LogP contribution is 2.06. The van der Waals surface area contributed by atoms with E-state index in [1.54, 1.807) is 0 Å². The Kier molecular flexibility index (Phi) is 6.33. The number of hydrogen-bond donors (Lipinski definition) is 2. The molecule has 1 unspecified atom stereocenters. The molecule has 0 aliphatic carbocycles. The molecule has 2 N–H and O–H groups in total. The van der Waals surface area contributed by atoms with Gasteiger partial charge in [-0.15, -0.1) is 0 Å². The molecule has 1 atom stereocenters. The summed E-state index contributed by atoms with van der Waals surface area (Å²) in [5.74, 6) is 0. The van der Waals surface area contributed by atoms with Gasteiger partial charge < -0.3 is 15.2 Å². The summed E-state index contributed by atoms with van der Waals surface area (Å²) in [4.78, 5) is 0. The molecule has 3 heteroatoms. The zero-order valence-electron chi connectivity index (χ0n) is 10.1. The standard InChI is InChI=1S/C11H25NO2/c1-6-11(4,5)12-7-10(13)8-14-9(2)3/h9-10,12-13H,6-8H2,1-5H3. The van der Waals surface area contributed by atoms with Crippen LogP contribution in [0.2, 0.25) is 0 Å². The lowest BCUT2D eigenvalue weighted by Gasteiger charge is -2.26. The number of β-amino-alcohol motifs (C(OH)–C–C–N with tert-alkyl or cyclic N) is 1. The van der Waals surface area contributed by atoms with Gasteiger partial charge in [0.05, 0.1) is 18.8 Å². The number of rotatable bonds is 7. The molecule has 3 nitrogen and oxygen atoms in total. The second-order valence-corrected chi connectivity index (χ2v) is 4.65. The average Bonchev–Trinajstić information content (AvgIpc) is 2.11. The fourth-order valence-corrected chi connectivity index (χ4v) is 0.882. The van der Waals surface area contributed by atoms with Crippen LogP contribution in [0, 0.1) is 0 Å². The third-order valence-corrected chi connectivity index (χ3v) is 2.32. The van der Waals surface area contributed by atoms with Gasteiger partial charge in [-0.2, -0.15) is 0 Å². The maximum absolute atomic E-state index is 9.57. The van der Waals surface area contributed by atoms with E-state index in [4.69, 9.17) is 4.74 Å². The van der Waals surface area contributed by atoms with Crippen LogP contribution in [0.15, 0.2) is 0 Å². The summed E-state index contributed by atoms with van der Waals surface area (Å²) < 4.78 is 5.31. The largest absolute Gasteiger partial charge is 0.389 e. The van der Waals surface area contributed by atoms with Gasteiger partial charge in [0.1, 0.15) is 0 Å². The highest BCUT2D eigenvalue weighted by Gasteiger charge is 2.15. The molecule has 0 heterocycles. The Morgan fingerprint density at radius 1 is 1.36 bits per heavy atom. The van der Waals surface area contributed by atoms with Gasteiger partial charge in [0.25, 0.3) is 0 Å². The van der Waals surface area contributed by atoms with Gasteiger partial charge in [-0.1, -0.05) is 6.92 Å². The smallest absolute Gasteiger partial charge is 0.0898 e. The Morgan fingerprint density at radius 2 is 1.93 bits per heavy atom. The van der Waals surface area contributed by atoms with E-state index in [9.17, 15) is 5.11 Å². The first-order chi connectivity index (χ1) is 6.37. The normalized spacial score (nSPS) is 14.8. The third-order valence-electron chi connectivity index (χ3n) is 2.32. The molecular weight excluding hydrogens is 178 g/mol. The van der Waals surface area contributed by atoms with Crippen LogP contribution in [-0.2, 0) is 4.74 Å². The highest BCUT2D eigenvalue weighted by atomic mass is 16.5. The minimum absolute atomic E-state index is 0.0960.